The number of rotatable bonds is 3. The molecule has 0 unspecified atom stereocenters. The third kappa shape index (κ3) is 3.31. The Morgan fingerprint density at radius 3 is 2.44 bits per heavy atom. The van der Waals surface area contributed by atoms with Gasteiger partial charge in [0.15, 0.2) is 0 Å². The SMILES string of the molecule is COC(C)(C)[C@H](O)[C@@H]1C[C@@H](C)C2=C3C[C@H](O)[C@H]4[C@@]5(C)CCC(=O)C(C)(C)[C@@H]5CC[C@]4(C)[C@@]3(C)C[C@@H]2O1. The number of ether oxygens (including phenoxy) is 2. The normalized spacial score (nSPS) is 49.1. The van der Waals surface area contributed by atoms with Crippen LogP contribution in [0.25, 0.3) is 0 Å². The number of ketones is 1. The van der Waals surface area contributed by atoms with Gasteiger partial charge in [0.2, 0.25) is 0 Å². The largest absolute Gasteiger partial charge is 0.392 e. The maximum Gasteiger partial charge on any atom is 0.138 e. The first kappa shape index (κ1) is 26.8. The fraction of sp³-hybridized carbons (Fsp3) is 0.903. The molecule has 3 saturated carbocycles. The molecule has 0 bridgehead atoms. The van der Waals surface area contributed by atoms with Gasteiger partial charge >= 0.3 is 0 Å². The van der Waals surface area contributed by atoms with Crippen LogP contribution >= 0.6 is 0 Å². The van der Waals surface area contributed by atoms with Crippen LogP contribution in [0.4, 0.5) is 0 Å². The van der Waals surface area contributed by atoms with Crippen molar-refractivity contribution >= 4 is 5.78 Å². The zero-order valence-electron chi connectivity index (χ0n) is 24.1. The highest BCUT2D eigenvalue weighted by molar-refractivity contribution is 5.85. The summed E-state index contributed by atoms with van der Waals surface area (Å²) in [4.78, 5) is 12.9. The van der Waals surface area contributed by atoms with Crippen molar-refractivity contribution in [3.8, 4) is 0 Å². The molecule has 0 aromatic rings. The smallest absolute Gasteiger partial charge is 0.138 e. The molecule has 5 nitrogen and oxygen atoms in total. The quantitative estimate of drug-likeness (QED) is 0.501. The Morgan fingerprint density at radius 2 is 1.81 bits per heavy atom. The Bertz CT molecular complexity index is 966. The summed E-state index contributed by atoms with van der Waals surface area (Å²) >= 11 is 0. The molecule has 1 saturated heterocycles. The van der Waals surface area contributed by atoms with Crippen molar-refractivity contribution in [2.45, 2.75) is 130 Å². The molecule has 1 aliphatic heterocycles. The maximum absolute atomic E-state index is 12.9. The lowest BCUT2D eigenvalue weighted by atomic mass is 9.36. The van der Waals surface area contributed by atoms with Crippen molar-refractivity contribution in [2.75, 3.05) is 7.11 Å². The summed E-state index contributed by atoms with van der Waals surface area (Å²) in [6.07, 6.45) is 4.61. The van der Waals surface area contributed by atoms with E-state index in [1.54, 1.807) is 7.11 Å². The number of Topliss-reactive ketones (excluding diaryl/α,β-unsaturated/α-hetero) is 1. The lowest BCUT2D eigenvalue weighted by molar-refractivity contribution is -0.212. The second-order valence-electron chi connectivity index (χ2n) is 14.9. The molecule has 5 aliphatic rings. The summed E-state index contributed by atoms with van der Waals surface area (Å²) in [5, 5.41) is 23.1. The summed E-state index contributed by atoms with van der Waals surface area (Å²) < 4.78 is 12.3. The van der Waals surface area contributed by atoms with E-state index >= 15 is 0 Å². The predicted octanol–water partition coefficient (Wildman–Crippen LogP) is 5.47. The maximum atomic E-state index is 12.9. The van der Waals surface area contributed by atoms with Crippen molar-refractivity contribution < 1.29 is 24.5 Å². The molecule has 1 heterocycles. The monoisotopic (exact) mass is 502 g/mol. The number of aliphatic hydroxyl groups is 2. The van der Waals surface area contributed by atoms with E-state index < -0.39 is 17.8 Å². The number of hydrogen-bond acceptors (Lipinski definition) is 5. The second kappa shape index (κ2) is 8.13. The van der Waals surface area contributed by atoms with Gasteiger partial charge in [-0.25, -0.2) is 0 Å². The lowest BCUT2D eigenvalue weighted by Crippen LogP contribution is -2.65. The molecule has 0 aromatic heterocycles. The van der Waals surface area contributed by atoms with Crippen LogP contribution in [-0.2, 0) is 14.3 Å². The van der Waals surface area contributed by atoms with E-state index in [4.69, 9.17) is 9.47 Å². The topological polar surface area (TPSA) is 76.0 Å². The molecule has 10 atom stereocenters. The first-order valence-electron chi connectivity index (χ1n) is 14.4. The molecule has 5 heteroatoms. The van der Waals surface area contributed by atoms with Crippen LogP contribution in [0.3, 0.4) is 0 Å². The van der Waals surface area contributed by atoms with Gasteiger partial charge in [0.1, 0.15) is 11.9 Å². The number of aliphatic hydroxyl groups excluding tert-OH is 2. The number of hydrogen-bond donors (Lipinski definition) is 2. The number of fused-ring (bicyclic) bond motifs is 6. The van der Waals surface area contributed by atoms with Gasteiger partial charge in [-0.1, -0.05) is 47.1 Å². The third-order valence-electron chi connectivity index (χ3n) is 12.7. The molecule has 36 heavy (non-hydrogen) atoms. The van der Waals surface area contributed by atoms with Gasteiger partial charge < -0.3 is 19.7 Å². The highest BCUT2D eigenvalue weighted by Crippen LogP contribution is 2.74. The van der Waals surface area contributed by atoms with Crippen LogP contribution in [0.5, 0.6) is 0 Å². The van der Waals surface area contributed by atoms with Gasteiger partial charge in [-0.05, 0) is 91.9 Å². The van der Waals surface area contributed by atoms with Crippen LogP contribution in [0, 0.1) is 39.4 Å². The van der Waals surface area contributed by atoms with Crippen LogP contribution in [0.1, 0.15) is 100 Å². The van der Waals surface area contributed by atoms with Crippen LogP contribution in [0.2, 0.25) is 0 Å². The fourth-order valence-electron chi connectivity index (χ4n) is 10.4. The Hall–Kier alpha value is -0.750. The molecule has 2 N–H and O–H groups in total. The highest BCUT2D eigenvalue weighted by atomic mass is 16.5. The Morgan fingerprint density at radius 1 is 1.14 bits per heavy atom. The first-order valence-corrected chi connectivity index (χ1v) is 14.4. The average molecular weight is 503 g/mol. The lowest BCUT2D eigenvalue weighted by Gasteiger charge is -2.68. The molecular formula is C31H50O5. The van der Waals surface area contributed by atoms with E-state index in [1.165, 1.54) is 11.1 Å². The van der Waals surface area contributed by atoms with Gasteiger partial charge in [-0.3, -0.25) is 4.79 Å². The van der Waals surface area contributed by atoms with Crippen LogP contribution in [-0.4, -0.2) is 53.1 Å². The van der Waals surface area contributed by atoms with E-state index in [2.05, 4.69) is 41.5 Å². The van der Waals surface area contributed by atoms with E-state index in [9.17, 15) is 15.0 Å². The molecule has 0 radical (unpaired) electrons. The zero-order chi connectivity index (χ0) is 26.6. The fourth-order valence-corrected chi connectivity index (χ4v) is 10.4. The summed E-state index contributed by atoms with van der Waals surface area (Å²) in [5.74, 6) is 1.17. The van der Waals surface area contributed by atoms with Gasteiger partial charge in [0.05, 0.1) is 23.9 Å². The molecule has 204 valence electrons. The van der Waals surface area contributed by atoms with Crippen LogP contribution in [0.15, 0.2) is 11.1 Å². The van der Waals surface area contributed by atoms with Gasteiger partial charge in [0, 0.05) is 18.9 Å². The minimum absolute atomic E-state index is 0.0151. The number of carbonyl (C=O) groups is 1. The van der Waals surface area contributed by atoms with Crippen molar-refractivity contribution in [3.63, 3.8) is 0 Å². The number of methoxy groups -OCH3 is 1. The van der Waals surface area contributed by atoms with Gasteiger partial charge in [-0.2, -0.15) is 0 Å². The van der Waals surface area contributed by atoms with Gasteiger partial charge in [-0.15, -0.1) is 0 Å². The van der Waals surface area contributed by atoms with Gasteiger partial charge in [0.25, 0.3) is 0 Å². The number of carbonyl (C=O) groups excluding carboxylic acids is 1. The Kier molecular flexibility index (Phi) is 6.06. The third-order valence-corrected chi connectivity index (χ3v) is 12.7. The molecule has 0 spiro atoms. The Balaban J connectivity index is 1.52. The average Bonchev–Trinajstić information content (AvgIpc) is 3.09. The standard InChI is InChI=1S/C31H50O5/c1-17-14-20(26(34)28(4,5)35-9)36-21-16-31(8)18(24(17)21)15-19(32)25-29(6)12-11-23(33)27(2,3)22(29)10-13-30(25,31)7/h17,19-22,25-26,32,34H,10-16H2,1-9H3/t17-,19+,20+,21+,22+,25+,26-,29+,30+,31+/m1/s1. The van der Waals surface area contributed by atoms with Crippen LogP contribution < -0.4 is 0 Å². The summed E-state index contributed by atoms with van der Waals surface area (Å²) in [6.45, 7) is 17.7. The molecular weight excluding hydrogens is 452 g/mol. The van der Waals surface area contributed by atoms with E-state index in [0.717, 1.165) is 32.1 Å². The molecule has 5 rings (SSSR count). The van der Waals surface area contributed by atoms with Crippen molar-refractivity contribution in [1.82, 2.24) is 0 Å². The van der Waals surface area contributed by atoms with Crippen molar-refractivity contribution in [3.05, 3.63) is 11.1 Å². The molecule has 0 aromatic carbocycles. The van der Waals surface area contributed by atoms with E-state index in [0.29, 0.717) is 30.5 Å². The highest BCUT2D eigenvalue weighted by Gasteiger charge is 2.70. The molecule has 0 amide bonds. The Labute approximate surface area is 218 Å². The van der Waals surface area contributed by atoms with E-state index in [1.807, 2.05) is 13.8 Å². The summed E-state index contributed by atoms with van der Waals surface area (Å²) in [5.41, 5.74) is 1.66. The first-order chi connectivity index (χ1) is 16.5. The second-order valence-corrected chi connectivity index (χ2v) is 14.9. The predicted molar refractivity (Wildman–Crippen MR) is 140 cm³/mol. The minimum atomic E-state index is -0.697. The van der Waals surface area contributed by atoms with E-state index in [-0.39, 0.29) is 39.8 Å². The molecule has 4 fully saturated rings. The summed E-state index contributed by atoms with van der Waals surface area (Å²) in [7, 11) is 1.65. The molecule has 4 aliphatic carbocycles. The van der Waals surface area contributed by atoms with Crippen molar-refractivity contribution in [1.29, 1.82) is 0 Å². The minimum Gasteiger partial charge on any atom is -0.392 e. The summed E-state index contributed by atoms with van der Waals surface area (Å²) in [6, 6.07) is 0. The zero-order valence-corrected chi connectivity index (χ0v) is 24.1. The van der Waals surface area contributed by atoms with Crippen molar-refractivity contribution in [2.24, 2.45) is 39.4 Å².